The van der Waals surface area contributed by atoms with Gasteiger partial charge in [0.05, 0.1) is 11.1 Å². The van der Waals surface area contributed by atoms with Crippen LogP contribution in [0.3, 0.4) is 0 Å². The van der Waals surface area contributed by atoms with Gasteiger partial charge in [-0.15, -0.1) is 0 Å². The van der Waals surface area contributed by atoms with Crippen LogP contribution in [0.1, 0.15) is 48.9 Å². The van der Waals surface area contributed by atoms with Gasteiger partial charge < -0.3 is 0 Å². The van der Waals surface area contributed by atoms with Gasteiger partial charge in [0.2, 0.25) is 30.0 Å². The lowest BCUT2D eigenvalue weighted by atomic mass is 9.48. The summed E-state index contributed by atoms with van der Waals surface area (Å²) in [6.07, 6.45) is -3.11. The van der Waals surface area contributed by atoms with Crippen molar-refractivity contribution in [1.29, 1.82) is 0 Å². The molecule has 0 spiro atoms. The van der Waals surface area contributed by atoms with Crippen molar-refractivity contribution in [1.82, 2.24) is 0 Å². The first-order valence-corrected chi connectivity index (χ1v) is 17.7. The van der Waals surface area contributed by atoms with Gasteiger partial charge in [0.25, 0.3) is 0 Å². The lowest BCUT2D eigenvalue weighted by molar-refractivity contribution is 0.352. The summed E-state index contributed by atoms with van der Waals surface area (Å²) in [6.45, 7) is -3.24. The maximum absolute atomic E-state index is 16.8. The zero-order chi connectivity index (χ0) is 49.6. The third-order valence-electron chi connectivity index (χ3n) is 11.6. The third kappa shape index (κ3) is 5.48. The molecule has 0 radical (unpaired) electrons. The van der Waals surface area contributed by atoms with E-state index >= 15 is 87.8 Å². The van der Waals surface area contributed by atoms with Crippen LogP contribution in [0.25, 0.3) is 11.1 Å². The summed E-state index contributed by atoms with van der Waals surface area (Å²) < 4.78 is 393. The van der Waals surface area contributed by atoms with E-state index in [2.05, 4.69) is 0 Å². The molecule has 26 heteroatoms. The molecule has 0 N–H and O–H groups in total. The fraction of sp³-hybridized carbons (Fsp3) is 0.150. The second kappa shape index (κ2) is 15.5. The van der Waals surface area contributed by atoms with E-state index < -0.39 is 226 Å². The number of hydrogen-bond acceptors (Lipinski definition) is 0. The quantitative estimate of drug-likeness (QED) is 0.0660. The third-order valence-corrected chi connectivity index (χ3v) is 11.6. The summed E-state index contributed by atoms with van der Waals surface area (Å²) in [7, 11) is 0. The van der Waals surface area contributed by atoms with E-state index in [0.29, 0.717) is 13.8 Å². The zero-order valence-corrected chi connectivity index (χ0v) is 31.4. The van der Waals surface area contributed by atoms with Crippen molar-refractivity contribution < 1.29 is 110 Å². The van der Waals surface area contributed by atoms with Gasteiger partial charge in [0.1, 0.15) is 0 Å². The first-order valence-electron chi connectivity index (χ1n) is 17.7. The summed E-state index contributed by atoms with van der Waals surface area (Å²) >= 11 is 0. The largest absolute Gasteiger partial charge is 0.217 e. The zero-order valence-electron chi connectivity index (χ0n) is 31.4. The molecule has 5 aromatic rings. The Kier molecular flexibility index (Phi) is 11.2. The molecule has 2 atom stereocenters. The molecule has 0 amide bonds. The van der Waals surface area contributed by atoms with Crippen LogP contribution >= 0.6 is 0 Å². The molecule has 0 saturated carbocycles. The van der Waals surface area contributed by atoms with E-state index in [9.17, 15) is 22.0 Å². The molecule has 7 rings (SSSR count). The highest BCUT2D eigenvalue weighted by atomic mass is 19.2. The van der Waals surface area contributed by atoms with Crippen LogP contribution in [0.15, 0.2) is 11.1 Å². The fourth-order valence-corrected chi connectivity index (χ4v) is 9.26. The summed E-state index contributed by atoms with van der Waals surface area (Å²) in [6, 6.07) is 0. The van der Waals surface area contributed by atoms with Gasteiger partial charge in [-0.25, -0.2) is 110 Å². The van der Waals surface area contributed by atoms with Crippen molar-refractivity contribution in [3.63, 3.8) is 0 Å². The van der Waals surface area contributed by atoms with Crippen molar-refractivity contribution in [3.05, 3.63) is 179 Å². The van der Waals surface area contributed by atoms with Crippen molar-refractivity contribution in [2.45, 2.75) is 37.3 Å². The van der Waals surface area contributed by atoms with E-state index in [-0.39, 0.29) is 0 Å². The predicted octanol–water partition coefficient (Wildman–Crippen LogP) is 12.6. The van der Waals surface area contributed by atoms with Gasteiger partial charge in [0, 0.05) is 21.8 Å². The molecule has 0 bridgehead atoms. The first-order chi connectivity index (χ1) is 30.6. The van der Waals surface area contributed by atoms with Gasteiger partial charge in [0.15, 0.2) is 122 Å². The van der Waals surface area contributed by atoms with Crippen LogP contribution in [0.2, 0.25) is 0 Å². The number of halogens is 25. The Morgan fingerprint density at radius 1 is 0.288 bits per heavy atom. The Morgan fingerprint density at radius 3 is 0.848 bits per heavy atom. The smallest absolute Gasteiger partial charge is 0.204 e. The Labute approximate surface area is 349 Å². The highest BCUT2D eigenvalue weighted by molar-refractivity contribution is 6.93. The molecule has 1 aliphatic carbocycles. The normalized spacial score (nSPS) is 18.3. The van der Waals surface area contributed by atoms with Crippen molar-refractivity contribution >= 4 is 23.3 Å². The summed E-state index contributed by atoms with van der Waals surface area (Å²) in [4.78, 5) is 0. The van der Waals surface area contributed by atoms with Crippen molar-refractivity contribution in [2.24, 2.45) is 0 Å². The van der Waals surface area contributed by atoms with Crippen LogP contribution in [0.4, 0.5) is 110 Å². The second-order valence-electron chi connectivity index (χ2n) is 14.2. The predicted molar refractivity (Wildman–Crippen MR) is 174 cm³/mol. The Morgan fingerprint density at radius 2 is 0.545 bits per heavy atom. The lowest BCUT2D eigenvalue weighted by Gasteiger charge is -2.41. The molecule has 1 fully saturated rings. The minimum Gasteiger partial charge on any atom is -0.204 e. The molecule has 1 heterocycles. The highest BCUT2D eigenvalue weighted by Gasteiger charge is 2.88. The van der Waals surface area contributed by atoms with E-state index in [0.717, 1.165) is 0 Å². The van der Waals surface area contributed by atoms with Crippen LogP contribution < -0.4 is 5.46 Å². The molecule has 1 saturated heterocycles. The van der Waals surface area contributed by atoms with Gasteiger partial charge >= 0.3 is 0 Å². The molecule has 1 aliphatic heterocycles. The molecule has 5 aromatic carbocycles. The molecule has 0 nitrogen and oxygen atoms in total. The summed E-state index contributed by atoms with van der Waals surface area (Å²) in [5.41, 5.74) is -24.2. The maximum Gasteiger partial charge on any atom is 0.217 e. The van der Waals surface area contributed by atoms with Crippen LogP contribution in [0.5, 0.6) is 0 Å². The van der Waals surface area contributed by atoms with E-state index in [4.69, 9.17) is 0 Å². The Balaban J connectivity index is 2.06. The highest BCUT2D eigenvalue weighted by Crippen LogP contribution is 2.79. The molecule has 0 aromatic heterocycles. The molecular weight excluding hydrogens is 966 g/mol. The van der Waals surface area contributed by atoms with Crippen molar-refractivity contribution in [2.75, 3.05) is 0 Å². The first kappa shape index (κ1) is 47.8. The lowest BCUT2D eigenvalue weighted by Crippen LogP contribution is -2.37. The SMILES string of the molecule is CCC1=C(CC)C2(c3c(F)c(F)c(F)c(F)c3F)B(c3c(F)c(F)c(F)c(F)c3F)C2(c2c(F)c(F)c(F)c(F)c2F)C(c2c(F)c(F)c(F)c(F)c2F)=C1c1c(F)c(F)c(F)c(F)c1F. The van der Waals surface area contributed by atoms with Crippen molar-refractivity contribution in [3.8, 4) is 0 Å². The monoisotopic (exact) mass is 976 g/mol. The standard InChI is InChI=1S/C40H10BF25/c1-3-5-6(4-2)39(11-18(46)28(56)36(64)29(57)19(11)47)40(12-20(48)30(58)37(65)31(59)21(12)49,41(39)13-22(50)32(60)38(66)33(61)23(13)51)10(9-16(44)26(54)35(63)27(55)17(9)45)7(5)8-14(42)24(52)34(62)25(53)15(8)43/h3-4H2,1-2H3. The maximum atomic E-state index is 16.8. The Bertz CT molecular complexity index is 2990. The average Bonchev–Trinajstić information content (AvgIpc) is 3.89. The molecule has 348 valence electrons. The Hall–Kier alpha value is -6.11. The number of rotatable bonds is 7. The minimum atomic E-state index is -5.34. The van der Waals surface area contributed by atoms with E-state index in [1.54, 1.807) is 0 Å². The van der Waals surface area contributed by atoms with Gasteiger partial charge in [-0.1, -0.05) is 19.4 Å². The average molecular weight is 976 g/mol. The number of allylic oxidation sites excluding steroid dienone is 4. The molecule has 66 heavy (non-hydrogen) atoms. The van der Waals surface area contributed by atoms with Crippen LogP contribution in [0, 0.1) is 145 Å². The minimum absolute atomic E-state index is 0.509. The topological polar surface area (TPSA) is 0 Å². The molecular formula is C40H10BF25. The number of fused-ring (bicyclic) bond motifs is 1. The van der Waals surface area contributed by atoms with E-state index in [1.807, 2.05) is 0 Å². The second-order valence-corrected chi connectivity index (χ2v) is 14.2. The van der Waals surface area contributed by atoms with E-state index in [1.165, 1.54) is 0 Å². The number of benzene rings is 5. The fourth-order valence-electron chi connectivity index (χ4n) is 9.26. The summed E-state index contributed by atoms with van der Waals surface area (Å²) in [5, 5.41) is -10.2. The number of hydrogen-bond donors (Lipinski definition) is 0. The van der Waals surface area contributed by atoms with Crippen LogP contribution in [-0.4, -0.2) is 6.71 Å². The van der Waals surface area contributed by atoms with Gasteiger partial charge in [-0.05, 0) is 35.0 Å². The van der Waals surface area contributed by atoms with Gasteiger partial charge in [-0.3, -0.25) is 0 Å². The summed E-state index contributed by atoms with van der Waals surface area (Å²) in [5.74, 6) is -84.6. The van der Waals surface area contributed by atoms with Gasteiger partial charge in [-0.2, -0.15) is 0 Å². The van der Waals surface area contributed by atoms with Crippen LogP contribution in [-0.2, 0) is 10.6 Å². The molecule has 2 unspecified atom stereocenters. The molecule has 2 aliphatic rings.